The lowest BCUT2D eigenvalue weighted by Gasteiger charge is -2.16. The summed E-state index contributed by atoms with van der Waals surface area (Å²) in [6.07, 6.45) is 1.68. The molecule has 2 aromatic carbocycles. The molecule has 0 aliphatic rings. The number of aromatic nitrogens is 1. The molecule has 31 heavy (non-hydrogen) atoms. The lowest BCUT2D eigenvalue weighted by Crippen LogP contribution is -2.25. The number of methoxy groups -OCH3 is 3. The quantitative estimate of drug-likeness (QED) is 0.588. The van der Waals surface area contributed by atoms with Gasteiger partial charge in [-0.2, -0.15) is 0 Å². The van der Waals surface area contributed by atoms with Crippen LogP contribution >= 0.6 is 0 Å². The summed E-state index contributed by atoms with van der Waals surface area (Å²) in [6.45, 7) is 4.62. The van der Waals surface area contributed by atoms with E-state index in [9.17, 15) is 9.59 Å². The molecule has 3 aromatic rings. The molecule has 1 heterocycles. The van der Waals surface area contributed by atoms with E-state index in [2.05, 4.69) is 10.6 Å². The first-order valence-electron chi connectivity index (χ1n) is 9.88. The number of hydrogen-bond acceptors (Lipinski definition) is 5. The van der Waals surface area contributed by atoms with E-state index in [0.717, 1.165) is 0 Å². The number of fused-ring (bicyclic) bond motifs is 1. The predicted molar refractivity (Wildman–Crippen MR) is 122 cm³/mol. The minimum atomic E-state index is -0.464. The minimum Gasteiger partial charge on any atom is -0.493 e. The molecule has 0 bridgehead atoms. The third-order valence-electron chi connectivity index (χ3n) is 4.73. The second kappa shape index (κ2) is 9.42. The smallest absolute Gasteiger partial charge is 0.323 e. The molecule has 2 N–H and O–H groups in total. The first-order valence-corrected chi connectivity index (χ1v) is 9.88. The molecule has 1 aromatic heterocycles. The Labute approximate surface area is 180 Å². The summed E-state index contributed by atoms with van der Waals surface area (Å²) in [6, 6.07) is 10.0. The van der Waals surface area contributed by atoms with Crippen LogP contribution in [0.25, 0.3) is 10.8 Å². The number of carbonyl (C=O) groups is 1. The Kier molecular flexibility index (Phi) is 6.69. The van der Waals surface area contributed by atoms with Gasteiger partial charge in [0, 0.05) is 35.6 Å². The van der Waals surface area contributed by atoms with Crippen molar-refractivity contribution in [2.24, 2.45) is 5.92 Å². The average molecular weight is 425 g/mol. The summed E-state index contributed by atoms with van der Waals surface area (Å²) in [5, 5.41) is 6.86. The van der Waals surface area contributed by atoms with Crippen LogP contribution < -0.4 is 30.4 Å². The van der Waals surface area contributed by atoms with Crippen LogP contribution in [0.15, 0.2) is 47.4 Å². The zero-order valence-electron chi connectivity index (χ0n) is 18.3. The Morgan fingerprint density at radius 2 is 1.58 bits per heavy atom. The fourth-order valence-electron chi connectivity index (χ4n) is 3.41. The number of hydrogen-bond donors (Lipinski definition) is 2. The van der Waals surface area contributed by atoms with E-state index < -0.39 is 6.03 Å². The number of rotatable bonds is 7. The highest BCUT2D eigenvalue weighted by atomic mass is 16.5. The zero-order valence-corrected chi connectivity index (χ0v) is 18.3. The topological polar surface area (TPSA) is 90.8 Å². The lowest BCUT2D eigenvalue weighted by molar-refractivity contribution is 0.262. The molecule has 8 heteroatoms. The van der Waals surface area contributed by atoms with Crippen LogP contribution in [0.4, 0.5) is 16.2 Å². The van der Waals surface area contributed by atoms with Crippen LogP contribution in [0.1, 0.15) is 13.8 Å². The molecule has 0 unspecified atom stereocenters. The zero-order chi connectivity index (χ0) is 22.5. The molecule has 0 aliphatic carbocycles. The Morgan fingerprint density at radius 3 is 2.13 bits per heavy atom. The summed E-state index contributed by atoms with van der Waals surface area (Å²) in [5.41, 5.74) is 0.924. The van der Waals surface area contributed by atoms with Crippen molar-refractivity contribution in [2.45, 2.75) is 20.4 Å². The number of amides is 2. The van der Waals surface area contributed by atoms with Crippen molar-refractivity contribution in [1.82, 2.24) is 4.57 Å². The van der Waals surface area contributed by atoms with Gasteiger partial charge in [-0.25, -0.2) is 4.79 Å². The number of pyridine rings is 1. The molecule has 0 fully saturated rings. The van der Waals surface area contributed by atoms with Crippen molar-refractivity contribution in [3.63, 3.8) is 0 Å². The minimum absolute atomic E-state index is 0.0834. The van der Waals surface area contributed by atoms with Crippen molar-refractivity contribution in [2.75, 3.05) is 32.0 Å². The average Bonchev–Trinajstić information content (AvgIpc) is 2.75. The van der Waals surface area contributed by atoms with Gasteiger partial charge in [0.05, 0.1) is 32.7 Å². The van der Waals surface area contributed by atoms with E-state index >= 15 is 0 Å². The number of benzene rings is 2. The molecule has 0 saturated carbocycles. The van der Waals surface area contributed by atoms with Crippen molar-refractivity contribution in [3.05, 3.63) is 52.9 Å². The normalized spacial score (nSPS) is 10.8. The van der Waals surface area contributed by atoms with Crippen molar-refractivity contribution < 1.29 is 19.0 Å². The van der Waals surface area contributed by atoms with E-state index in [0.29, 0.717) is 45.9 Å². The van der Waals surface area contributed by atoms with Crippen LogP contribution in [0.2, 0.25) is 0 Å². The van der Waals surface area contributed by atoms with E-state index in [-0.39, 0.29) is 11.5 Å². The van der Waals surface area contributed by atoms with Crippen LogP contribution in [0.5, 0.6) is 17.2 Å². The Bertz CT molecular complexity index is 1130. The molecule has 8 nitrogen and oxygen atoms in total. The van der Waals surface area contributed by atoms with E-state index in [4.69, 9.17) is 14.2 Å². The summed E-state index contributed by atoms with van der Waals surface area (Å²) in [5.74, 6) is 1.56. The van der Waals surface area contributed by atoms with E-state index in [1.165, 1.54) is 21.3 Å². The van der Waals surface area contributed by atoms with Crippen molar-refractivity contribution >= 4 is 28.2 Å². The first kappa shape index (κ1) is 22.0. The highest BCUT2D eigenvalue weighted by molar-refractivity contribution is 6.06. The van der Waals surface area contributed by atoms with Crippen LogP contribution in [0.3, 0.4) is 0 Å². The molecule has 0 aliphatic heterocycles. The van der Waals surface area contributed by atoms with Gasteiger partial charge < -0.3 is 29.4 Å². The van der Waals surface area contributed by atoms with Gasteiger partial charge in [-0.3, -0.25) is 4.79 Å². The molecular weight excluding hydrogens is 398 g/mol. The van der Waals surface area contributed by atoms with Crippen molar-refractivity contribution in [1.29, 1.82) is 0 Å². The van der Waals surface area contributed by atoms with Gasteiger partial charge in [0.15, 0.2) is 11.5 Å². The summed E-state index contributed by atoms with van der Waals surface area (Å²) < 4.78 is 17.6. The first-order chi connectivity index (χ1) is 14.9. The standard InChI is InChI=1S/C23H27N3O5/c1-14(2)12-26-13-18(16-8-6-7-9-17(16)22(26)27)25-23(28)24-15-10-19(29-3)21(31-5)20(11-15)30-4/h6-11,13-14H,12H2,1-5H3,(H2,24,25,28). The highest BCUT2D eigenvalue weighted by Crippen LogP contribution is 2.40. The van der Waals surface area contributed by atoms with E-state index in [1.807, 2.05) is 32.0 Å². The molecule has 0 saturated heterocycles. The Hall–Kier alpha value is -3.68. The maximum Gasteiger partial charge on any atom is 0.323 e. The maximum absolute atomic E-state index is 12.8. The number of nitrogens with zero attached hydrogens (tertiary/aromatic N) is 1. The second-order valence-corrected chi connectivity index (χ2v) is 7.43. The van der Waals surface area contributed by atoms with Crippen LogP contribution in [-0.2, 0) is 6.54 Å². The summed E-state index contributed by atoms with van der Waals surface area (Å²) in [7, 11) is 4.52. The van der Waals surface area contributed by atoms with Gasteiger partial charge in [0.25, 0.3) is 5.56 Å². The third-order valence-corrected chi connectivity index (χ3v) is 4.73. The van der Waals surface area contributed by atoms with Crippen LogP contribution in [-0.4, -0.2) is 31.9 Å². The van der Waals surface area contributed by atoms with Crippen LogP contribution in [0, 0.1) is 5.92 Å². The molecular formula is C23H27N3O5. The number of carbonyl (C=O) groups excluding carboxylic acids is 1. The van der Waals surface area contributed by atoms with E-state index in [1.54, 1.807) is 29.0 Å². The van der Waals surface area contributed by atoms with Gasteiger partial charge in [-0.1, -0.05) is 32.0 Å². The summed E-state index contributed by atoms with van der Waals surface area (Å²) in [4.78, 5) is 25.6. The van der Waals surface area contributed by atoms with Gasteiger partial charge in [0.2, 0.25) is 5.75 Å². The molecule has 164 valence electrons. The molecule has 3 rings (SSSR count). The molecule has 2 amide bonds. The monoisotopic (exact) mass is 425 g/mol. The fraction of sp³-hybridized carbons (Fsp3) is 0.304. The Balaban J connectivity index is 1.94. The number of urea groups is 1. The SMILES string of the molecule is COc1cc(NC(=O)Nc2cn(CC(C)C)c(=O)c3ccccc23)cc(OC)c1OC. The summed E-state index contributed by atoms with van der Waals surface area (Å²) >= 11 is 0. The maximum atomic E-state index is 12.8. The lowest BCUT2D eigenvalue weighted by atomic mass is 10.1. The third kappa shape index (κ3) is 4.74. The van der Waals surface area contributed by atoms with Gasteiger partial charge in [-0.05, 0) is 12.0 Å². The molecule has 0 radical (unpaired) electrons. The highest BCUT2D eigenvalue weighted by Gasteiger charge is 2.16. The number of anilines is 2. The van der Waals surface area contributed by atoms with Gasteiger partial charge in [0.1, 0.15) is 0 Å². The predicted octanol–water partition coefficient (Wildman–Crippen LogP) is 4.33. The molecule has 0 spiro atoms. The van der Waals surface area contributed by atoms with Crippen molar-refractivity contribution in [3.8, 4) is 17.2 Å². The van der Waals surface area contributed by atoms with Gasteiger partial charge in [-0.15, -0.1) is 0 Å². The molecule has 0 atom stereocenters. The largest absolute Gasteiger partial charge is 0.493 e. The fourth-order valence-corrected chi connectivity index (χ4v) is 3.41. The number of nitrogens with one attached hydrogen (secondary N) is 2. The number of ether oxygens (including phenoxy) is 3. The second-order valence-electron chi connectivity index (χ2n) is 7.43. The van der Waals surface area contributed by atoms with Gasteiger partial charge >= 0.3 is 6.03 Å². The Morgan fingerprint density at radius 1 is 0.968 bits per heavy atom.